The highest BCUT2D eigenvalue weighted by molar-refractivity contribution is 5.89. The molecule has 5 heteroatoms. The van der Waals surface area contributed by atoms with E-state index in [-0.39, 0.29) is 6.61 Å². The Kier molecular flexibility index (Phi) is 4.12. The van der Waals surface area contributed by atoms with Crippen molar-refractivity contribution in [1.82, 2.24) is 5.32 Å². The van der Waals surface area contributed by atoms with Gasteiger partial charge in [0.15, 0.2) is 0 Å². The van der Waals surface area contributed by atoms with Crippen molar-refractivity contribution < 1.29 is 19.1 Å². The van der Waals surface area contributed by atoms with Crippen LogP contribution in [0.4, 0.5) is 0 Å². The van der Waals surface area contributed by atoms with Gasteiger partial charge in [0.05, 0.1) is 0 Å². The van der Waals surface area contributed by atoms with Crippen molar-refractivity contribution in [3.63, 3.8) is 0 Å². The Morgan fingerprint density at radius 1 is 1.13 bits per heavy atom. The third-order valence-corrected chi connectivity index (χ3v) is 3.71. The van der Waals surface area contributed by atoms with Crippen LogP contribution in [-0.4, -0.2) is 18.0 Å². The Hall–Kier alpha value is -2.66. The van der Waals surface area contributed by atoms with E-state index in [1.165, 1.54) is 0 Å². The Morgan fingerprint density at radius 3 is 2.30 bits per heavy atom. The number of benzene rings is 2. The summed E-state index contributed by atoms with van der Waals surface area (Å²) in [6.45, 7) is 1.76. The summed E-state index contributed by atoms with van der Waals surface area (Å²) >= 11 is 0. The Labute approximate surface area is 134 Å². The molecule has 1 aliphatic rings. The zero-order chi connectivity index (χ0) is 16.3. The van der Waals surface area contributed by atoms with Gasteiger partial charge >= 0.3 is 11.9 Å². The molecule has 1 fully saturated rings. The predicted octanol–water partition coefficient (Wildman–Crippen LogP) is 2.12. The number of hydrogen-bond acceptors (Lipinski definition) is 5. The molecule has 0 spiro atoms. The van der Waals surface area contributed by atoms with E-state index in [2.05, 4.69) is 5.32 Å². The summed E-state index contributed by atoms with van der Waals surface area (Å²) in [7, 11) is 0. The maximum Gasteiger partial charge on any atom is 0.371 e. The smallest absolute Gasteiger partial charge is 0.371 e. The van der Waals surface area contributed by atoms with Crippen LogP contribution in [0.2, 0.25) is 0 Å². The number of cyclic esters (lactones) is 1. The lowest BCUT2D eigenvalue weighted by atomic mass is 10.0. The van der Waals surface area contributed by atoms with E-state index in [1.807, 2.05) is 36.4 Å². The number of rotatable bonds is 4. The molecule has 1 N–H and O–H groups in total. The molecule has 0 unspecified atom stereocenters. The quantitative estimate of drug-likeness (QED) is 0.876. The van der Waals surface area contributed by atoms with E-state index in [0.29, 0.717) is 5.56 Å². The van der Waals surface area contributed by atoms with E-state index in [1.54, 1.807) is 31.2 Å². The molecule has 0 aromatic heterocycles. The molecule has 1 aliphatic heterocycles. The first-order valence-corrected chi connectivity index (χ1v) is 7.39. The van der Waals surface area contributed by atoms with Crippen LogP contribution in [0.1, 0.15) is 18.1 Å². The zero-order valence-electron chi connectivity index (χ0n) is 12.7. The number of carbonyl (C=O) groups excluding carboxylic acids is 2. The fraction of sp³-hybridized carbons (Fsp3) is 0.222. The Bertz CT molecular complexity index is 701. The molecule has 0 aliphatic carbocycles. The normalized spacial score (nSPS) is 23.3. The molecule has 2 atom stereocenters. The van der Waals surface area contributed by atoms with Crippen LogP contribution in [-0.2, 0) is 31.4 Å². The van der Waals surface area contributed by atoms with Gasteiger partial charge in [0.25, 0.3) is 5.72 Å². The average molecular weight is 311 g/mol. The molecule has 0 amide bonds. The molecule has 3 rings (SSSR count). The third kappa shape index (κ3) is 2.96. The highest BCUT2D eigenvalue weighted by atomic mass is 16.6. The van der Waals surface area contributed by atoms with Crippen molar-refractivity contribution in [2.24, 2.45) is 0 Å². The van der Waals surface area contributed by atoms with Gasteiger partial charge in [0.2, 0.25) is 0 Å². The topological polar surface area (TPSA) is 64.6 Å². The standard InChI is InChI=1S/C18H17NO4/c1-13-16(20)23-18(19-13,15-10-6-3-7-11-15)17(21)22-12-14-8-4-2-5-9-14/h2-11,13,19H,12H2,1H3/t13-,18+/m1/s1. The lowest BCUT2D eigenvalue weighted by molar-refractivity contribution is -0.179. The van der Waals surface area contributed by atoms with Crippen molar-refractivity contribution in [3.05, 3.63) is 71.8 Å². The fourth-order valence-electron chi connectivity index (χ4n) is 2.49. The Balaban J connectivity index is 1.84. The summed E-state index contributed by atoms with van der Waals surface area (Å²) in [5, 5.41) is 2.92. The SMILES string of the molecule is C[C@H]1N[C@@](C(=O)OCc2ccccc2)(c2ccccc2)OC1=O. The van der Waals surface area contributed by atoms with E-state index < -0.39 is 23.7 Å². The van der Waals surface area contributed by atoms with Crippen molar-refractivity contribution in [2.75, 3.05) is 0 Å². The maximum atomic E-state index is 12.7. The number of ether oxygens (including phenoxy) is 2. The monoisotopic (exact) mass is 311 g/mol. The molecule has 2 aromatic rings. The van der Waals surface area contributed by atoms with Gasteiger partial charge in [-0.05, 0) is 12.5 Å². The molecule has 2 aromatic carbocycles. The zero-order valence-corrected chi connectivity index (χ0v) is 12.7. The molecule has 0 radical (unpaired) electrons. The highest BCUT2D eigenvalue weighted by Crippen LogP contribution is 2.30. The third-order valence-electron chi connectivity index (χ3n) is 3.71. The summed E-state index contributed by atoms with van der Waals surface area (Å²) in [5.74, 6) is -1.12. The molecule has 0 saturated carbocycles. The van der Waals surface area contributed by atoms with Crippen LogP contribution >= 0.6 is 0 Å². The molecule has 1 saturated heterocycles. The summed E-state index contributed by atoms with van der Waals surface area (Å²) in [6, 6.07) is 17.6. The van der Waals surface area contributed by atoms with Gasteiger partial charge in [0, 0.05) is 5.56 Å². The summed E-state index contributed by atoms with van der Waals surface area (Å²) in [6.07, 6.45) is 0. The first kappa shape index (κ1) is 15.2. The van der Waals surface area contributed by atoms with E-state index in [0.717, 1.165) is 5.56 Å². The lowest BCUT2D eigenvalue weighted by Gasteiger charge is -2.26. The molecular weight excluding hydrogens is 294 g/mol. The van der Waals surface area contributed by atoms with Crippen molar-refractivity contribution in [1.29, 1.82) is 0 Å². The fourth-order valence-corrected chi connectivity index (χ4v) is 2.49. The van der Waals surface area contributed by atoms with E-state index >= 15 is 0 Å². The number of hydrogen-bond donors (Lipinski definition) is 1. The van der Waals surface area contributed by atoms with Gasteiger partial charge in [-0.2, -0.15) is 0 Å². The summed E-state index contributed by atoms with van der Waals surface area (Å²) in [4.78, 5) is 24.5. The summed E-state index contributed by atoms with van der Waals surface area (Å²) < 4.78 is 10.8. The first-order chi connectivity index (χ1) is 11.1. The molecular formula is C18H17NO4. The van der Waals surface area contributed by atoms with Crippen molar-refractivity contribution in [2.45, 2.75) is 25.3 Å². The van der Waals surface area contributed by atoms with Gasteiger partial charge in [-0.15, -0.1) is 0 Å². The maximum absolute atomic E-state index is 12.7. The van der Waals surface area contributed by atoms with Crippen LogP contribution in [0.25, 0.3) is 0 Å². The van der Waals surface area contributed by atoms with Gasteiger partial charge in [-0.3, -0.25) is 10.1 Å². The van der Waals surface area contributed by atoms with Crippen molar-refractivity contribution in [3.8, 4) is 0 Å². The first-order valence-electron chi connectivity index (χ1n) is 7.39. The van der Waals surface area contributed by atoms with Gasteiger partial charge in [-0.1, -0.05) is 60.7 Å². The highest BCUT2D eigenvalue weighted by Gasteiger charge is 2.53. The minimum absolute atomic E-state index is 0.113. The van der Waals surface area contributed by atoms with Gasteiger partial charge in [-0.25, -0.2) is 4.79 Å². The Morgan fingerprint density at radius 2 is 1.74 bits per heavy atom. The van der Waals surface area contributed by atoms with Crippen LogP contribution < -0.4 is 5.32 Å². The summed E-state index contributed by atoms with van der Waals surface area (Å²) in [5.41, 5.74) is -0.191. The molecule has 118 valence electrons. The minimum Gasteiger partial charge on any atom is -0.457 e. The largest absolute Gasteiger partial charge is 0.457 e. The second kappa shape index (κ2) is 6.22. The molecule has 5 nitrogen and oxygen atoms in total. The molecule has 0 bridgehead atoms. The number of carbonyl (C=O) groups is 2. The molecule has 1 heterocycles. The van der Waals surface area contributed by atoms with Crippen LogP contribution in [0.3, 0.4) is 0 Å². The van der Waals surface area contributed by atoms with E-state index in [9.17, 15) is 9.59 Å². The predicted molar refractivity (Wildman–Crippen MR) is 83.0 cm³/mol. The van der Waals surface area contributed by atoms with Gasteiger partial charge < -0.3 is 9.47 Å². The van der Waals surface area contributed by atoms with Crippen LogP contribution in [0.15, 0.2) is 60.7 Å². The lowest BCUT2D eigenvalue weighted by Crippen LogP contribution is -2.48. The van der Waals surface area contributed by atoms with Crippen LogP contribution in [0, 0.1) is 0 Å². The van der Waals surface area contributed by atoms with E-state index in [4.69, 9.17) is 9.47 Å². The molecule has 23 heavy (non-hydrogen) atoms. The second-order valence-corrected chi connectivity index (χ2v) is 5.40. The van der Waals surface area contributed by atoms with Crippen molar-refractivity contribution >= 4 is 11.9 Å². The van der Waals surface area contributed by atoms with Gasteiger partial charge in [0.1, 0.15) is 12.6 Å². The second-order valence-electron chi connectivity index (χ2n) is 5.40. The average Bonchev–Trinajstić information content (AvgIpc) is 2.91. The van der Waals surface area contributed by atoms with Crippen LogP contribution in [0.5, 0.6) is 0 Å². The number of nitrogens with one attached hydrogen (secondary N) is 1. The minimum atomic E-state index is -1.59. The number of esters is 2.